The summed E-state index contributed by atoms with van der Waals surface area (Å²) in [7, 11) is 0. The van der Waals surface area contributed by atoms with Crippen LogP contribution in [-0.4, -0.2) is 17.1 Å². The molecule has 4 rings (SSSR count). The van der Waals surface area contributed by atoms with Crippen LogP contribution >= 0.6 is 43.2 Å². The maximum atomic E-state index is 13.5. The summed E-state index contributed by atoms with van der Waals surface area (Å²) in [4.78, 5) is 31.4. The van der Waals surface area contributed by atoms with Crippen LogP contribution in [0.2, 0.25) is 0 Å². The van der Waals surface area contributed by atoms with Gasteiger partial charge in [-0.3, -0.25) is 9.36 Å². The lowest BCUT2D eigenvalue weighted by Gasteiger charge is -2.24. The van der Waals surface area contributed by atoms with Crippen LogP contribution in [-0.2, 0) is 9.53 Å². The molecule has 8 heteroatoms. The van der Waals surface area contributed by atoms with E-state index in [1.165, 1.54) is 11.3 Å². The summed E-state index contributed by atoms with van der Waals surface area (Å²) in [5, 5.41) is 0. The first-order valence-electron chi connectivity index (χ1n) is 9.59. The lowest BCUT2D eigenvalue weighted by molar-refractivity contribution is -0.139. The fraction of sp³-hybridized carbons (Fsp3) is 0.174. The second-order valence-corrected chi connectivity index (χ2v) is 9.75. The number of halogens is 2. The van der Waals surface area contributed by atoms with Crippen molar-refractivity contribution in [3.63, 3.8) is 0 Å². The minimum Gasteiger partial charge on any atom is -0.463 e. The van der Waals surface area contributed by atoms with Crippen LogP contribution in [0.5, 0.6) is 0 Å². The molecule has 0 saturated carbocycles. The quantitative estimate of drug-likeness (QED) is 0.446. The van der Waals surface area contributed by atoms with Crippen molar-refractivity contribution < 1.29 is 9.53 Å². The summed E-state index contributed by atoms with van der Waals surface area (Å²) in [5.74, 6) is -0.459. The Morgan fingerprint density at radius 3 is 2.35 bits per heavy atom. The summed E-state index contributed by atoms with van der Waals surface area (Å²) in [5.41, 5.74) is 2.48. The average molecular weight is 562 g/mol. The van der Waals surface area contributed by atoms with Gasteiger partial charge in [0, 0.05) is 8.95 Å². The molecule has 1 aliphatic heterocycles. The number of carbonyl (C=O) groups is 1. The minimum absolute atomic E-state index is 0.186. The van der Waals surface area contributed by atoms with Gasteiger partial charge in [0.2, 0.25) is 0 Å². The third kappa shape index (κ3) is 4.37. The van der Waals surface area contributed by atoms with Crippen molar-refractivity contribution in [2.24, 2.45) is 4.99 Å². The zero-order chi connectivity index (χ0) is 22.1. The molecule has 0 amide bonds. The number of rotatable bonds is 4. The fourth-order valence-electron chi connectivity index (χ4n) is 3.46. The number of hydrogen-bond donors (Lipinski definition) is 0. The monoisotopic (exact) mass is 560 g/mol. The van der Waals surface area contributed by atoms with E-state index in [9.17, 15) is 9.59 Å². The molecule has 31 heavy (non-hydrogen) atoms. The van der Waals surface area contributed by atoms with E-state index < -0.39 is 12.0 Å². The zero-order valence-corrected chi connectivity index (χ0v) is 20.8. The van der Waals surface area contributed by atoms with Crippen LogP contribution in [0, 0.1) is 0 Å². The van der Waals surface area contributed by atoms with Crippen molar-refractivity contribution in [2.75, 3.05) is 6.61 Å². The topological polar surface area (TPSA) is 60.7 Å². The van der Waals surface area contributed by atoms with Crippen molar-refractivity contribution in [3.8, 4) is 0 Å². The normalized spacial score (nSPS) is 16.1. The van der Waals surface area contributed by atoms with E-state index in [2.05, 4.69) is 36.9 Å². The molecule has 0 spiro atoms. The predicted octanol–water partition coefficient (Wildman–Crippen LogP) is 4.32. The van der Waals surface area contributed by atoms with E-state index in [1.54, 1.807) is 18.4 Å². The zero-order valence-electron chi connectivity index (χ0n) is 16.8. The van der Waals surface area contributed by atoms with Crippen LogP contribution in [0.4, 0.5) is 0 Å². The Morgan fingerprint density at radius 1 is 1.13 bits per heavy atom. The molecular formula is C23H18Br2N2O3S. The molecular weight excluding hydrogens is 544 g/mol. The number of fused-ring (bicyclic) bond motifs is 1. The Balaban J connectivity index is 1.94. The molecule has 2 heterocycles. The van der Waals surface area contributed by atoms with Crippen LogP contribution in [0.15, 0.2) is 78.5 Å². The molecule has 0 fully saturated rings. The maximum absolute atomic E-state index is 13.5. The number of hydrogen-bond acceptors (Lipinski definition) is 5. The Morgan fingerprint density at radius 2 is 1.74 bits per heavy atom. The second kappa shape index (κ2) is 9.06. The highest BCUT2D eigenvalue weighted by atomic mass is 79.9. The van der Waals surface area contributed by atoms with Crippen molar-refractivity contribution in [1.29, 1.82) is 0 Å². The smallest absolute Gasteiger partial charge is 0.338 e. The molecule has 0 aliphatic carbocycles. The number of carbonyl (C=O) groups excluding carboxylic acids is 1. The number of nitrogens with zero attached hydrogens (tertiary/aromatic N) is 2. The molecule has 2 aromatic carbocycles. The number of ether oxygens (including phenoxy) is 1. The number of thiazole rings is 1. The average Bonchev–Trinajstić information content (AvgIpc) is 3.04. The lowest BCUT2D eigenvalue weighted by atomic mass is 9.96. The molecule has 5 nitrogen and oxygen atoms in total. The third-order valence-corrected chi connectivity index (χ3v) is 6.91. The molecule has 158 valence electrons. The van der Waals surface area contributed by atoms with Gasteiger partial charge in [0.25, 0.3) is 5.56 Å². The van der Waals surface area contributed by atoms with Gasteiger partial charge in [-0.1, -0.05) is 67.5 Å². The van der Waals surface area contributed by atoms with Crippen molar-refractivity contribution in [1.82, 2.24) is 4.57 Å². The summed E-state index contributed by atoms with van der Waals surface area (Å²) >= 11 is 8.19. The molecule has 0 saturated heterocycles. The minimum atomic E-state index is -0.601. The summed E-state index contributed by atoms with van der Waals surface area (Å²) in [6.45, 7) is 3.79. The van der Waals surface area contributed by atoms with E-state index in [4.69, 9.17) is 4.74 Å². The Labute approximate surface area is 199 Å². The Hall–Kier alpha value is -2.29. The number of esters is 1. The van der Waals surface area contributed by atoms with Gasteiger partial charge in [-0.25, -0.2) is 9.79 Å². The fourth-order valence-corrected chi connectivity index (χ4v) is 5.04. The van der Waals surface area contributed by atoms with E-state index >= 15 is 0 Å². The number of benzene rings is 2. The van der Waals surface area contributed by atoms with Gasteiger partial charge in [-0.15, -0.1) is 0 Å². The number of aromatic nitrogens is 1. The highest BCUT2D eigenvalue weighted by Gasteiger charge is 2.33. The summed E-state index contributed by atoms with van der Waals surface area (Å²) in [6.07, 6.45) is 1.85. The molecule has 0 bridgehead atoms. The van der Waals surface area contributed by atoms with Gasteiger partial charge in [0.1, 0.15) is 0 Å². The molecule has 1 aliphatic rings. The van der Waals surface area contributed by atoms with Crippen molar-refractivity contribution in [2.45, 2.75) is 19.9 Å². The maximum Gasteiger partial charge on any atom is 0.338 e. The van der Waals surface area contributed by atoms with E-state index in [0.29, 0.717) is 20.6 Å². The lowest BCUT2D eigenvalue weighted by Crippen LogP contribution is -2.39. The first-order valence-corrected chi connectivity index (χ1v) is 12.0. The SMILES string of the molecule is CCOC(=O)C1=C(C)N=c2s/c(=C\c3ccc(Br)cc3)c(=O)n2C1c1ccc(Br)cc1. The van der Waals surface area contributed by atoms with Crippen LogP contribution in [0.3, 0.4) is 0 Å². The summed E-state index contributed by atoms with van der Waals surface area (Å²) < 4.78 is 9.34. The second-order valence-electron chi connectivity index (χ2n) is 6.91. The van der Waals surface area contributed by atoms with Crippen molar-refractivity contribution >= 4 is 55.2 Å². The Kier molecular flexibility index (Phi) is 6.41. The first-order chi connectivity index (χ1) is 14.9. The molecule has 0 N–H and O–H groups in total. The van der Waals surface area contributed by atoms with Gasteiger partial charge in [-0.2, -0.15) is 0 Å². The predicted molar refractivity (Wildman–Crippen MR) is 129 cm³/mol. The van der Waals surface area contributed by atoms with Crippen molar-refractivity contribution in [3.05, 3.63) is 99.6 Å². The highest BCUT2D eigenvalue weighted by molar-refractivity contribution is 9.10. The largest absolute Gasteiger partial charge is 0.463 e. The van der Waals surface area contributed by atoms with Crippen LogP contribution in [0.25, 0.3) is 6.08 Å². The molecule has 1 aromatic heterocycles. The van der Waals surface area contributed by atoms with Gasteiger partial charge in [0.05, 0.1) is 28.5 Å². The Bertz CT molecular complexity index is 1350. The van der Waals surface area contributed by atoms with Crippen LogP contribution < -0.4 is 14.9 Å². The van der Waals surface area contributed by atoms with Crippen LogP contribution in [0.1, 0.15) is 31.0 Å². The van der Waals surface area contributed by atoms with E-state index in [0.717, 1.165) is 20.1 Å². The molecule has 0 radical (unpaired) electrons. The van der Waals surface area contributed by atoms with E-state index in [-0.39, 0.29) is 12.2 Å². The van der Waals surface area contributed by atoms with Gasteiger partial charge in [-0.05, 0) is 55.3 Å². The highest BCUT2D eigenvalue weighted by Crippen LogP contribution is 2.31. The first kappa shape index (κ1) is 21.9. The van der Waals surface area contributed by atoms with E-state index in [1.807, 2.05) is 54.6 Å². The number of allylic oxidation sites excluding steroid dienone is 1. The molecule has 3 aromatic rings. The van der Waals surface area contributed by atoms with Gasteiger partial charge < -0.3 is 4.74 Å². The van der Waals surface area contributed by atoms with Gasteiger partial charge >= 0.3 is 5.97 Å². The molecule has 1 unspecified atom stereocenters. The summed E-state index contributed by atoms with van der Waals surface area (Å²) in [6, 6.07) is 14.7. The standard InChI is InChI=1S/C23H18Br2N2O3S/c1-3-30-22(29)19-13(2)26-23-27(20(19)15-6-10-17(25)11-7-15)21(28)18(31-23)12-14-4-8-16(24)9-5-14/h4-12,20H,3H2,1-2H3/b18-12-. The molecule has 1 atom stereocenters. The van der Waals surface area contributed by atoms with Gasteiger partial charge in [0.15, 0.2) is 4.80 Å². The third-order valence-electron chi connectivity index (χ3n) is 4.87.